The van der Waals surface area contributed by atoms with E-state index in [0.29, 0.717) is 5.75 Å². The molecule has 1 atom stereocenters. The number of benzene rings is 1. The molecule has 0 bridgehead atoms. The summed E-state index contributed by atoms with van der Waals surface area (Å²) in [7, 11) is 0. The Kier molecular flexibility index (Phi) is 4.67. The van der Waals surface area contributed by atoms with Crippen LogP contribution < -0.4 is 10.1 Å². The molecule has 19 heavy (non-hydrogen) atoms. The van der Waals surface area contributed by atoms with E-state index in [-0.39, 0.29) is 12.6 Å². The molecule has 0 radical (unpaired) electrons. The van der Waals surface area contributed by atoms with E-state index in [9.17, 15) is 0 Å². The smallest absolute Gasteiger partial charge is 0.174 e. The van der Waals surface area contributed by atoms with E-state index in [2.05, 4.69) is 12.2 Å². The van der Waals surface area contributed by atoms with Crippen LogP contribution in [0.5, 0.6) is 5.75 Å². The summed E-state index contributed by atoms with van der Waals surface area (Å²) in [6, 6.07) is 13.6. The number of nitriles is 1. The van der Waals surface area contributed by atoms with Crippen molar-refractivity contribution < 1.29 is 4.74 Å². The van der Waals surface area contributed by atoms with Crippen LogP contribution in [0.1, 0.15) is 17.8 Å². The molecule has 0 amide bonds. The van der Waals surface area contributed by atoms with E-state index >= 15 is 0 Å². The molecule has 0 fully saturated rings. The number of thiophene rings is 1. The van der Waals surface area contributed by atoms with Gasteiger partial charge in [0, 0.05) is 10.6 Å². The van der Waals surface area contributed by atoms with E-state index in [1.54, 1.807) is 11.3 Å². The zero-order valence-electron chi connectivity index (χ0n) is 10.4. The predicted molar refractivity (Wildman–Crippen MR) is 78.9 cm³/mol. The Bertz CT molecular complexity index is 574. The lowest BCUT2D eigenvalue weighted by atomic mass is 10.2. The monoisotopic (exact) mass is 292 g/mol. The second kappa shape index (κ2) is 6.46. The highest BCUT2D eigenvalue weighted by Gasteiger charge is 2.08. The van der Waals surface area contributed by atoms with Gasteiger partial charge in [-0.3, -0.25) is 0 Å². The van der Waals surface area contributed by atoms with Gasteiger partial charge in [0.2, 0.25) is 0 Å². The third-order valence-corrected chi connectivity index (χ3v) is 3.98. The zero-order chi connectivity index (χ0) is 13.7. The minimum atomic E-state index is 0.0663. The minimum Gasteiger partial charge on any atom is -0.479 e. The van der Waals surface area contributed by atoms with Gasteiger partial charge in [-0.15, -0.1) is 11.3 Å². The Labute approximate surface area is 121 Å². The molecule has 3 nitrogen and oxygen atoms in total. The van der Waals surface area contributed by atoms with Crippen molar-refractivity contribution in [3.05, 3.63) is 45.6 Å². The number of hydrogen-bond donors (Lipinski definition) is 1. The summed E-state index contributed by atoms with van der Waals surface area (Å²) in [4.78, 5) is 1.19. The fourth-order valence-corrected chi connectivity index (χ4v) is 2.71. The summed E-state index contributed by atoms with van der Waals surface area (Å²) in [5.41, 5.74) is 1.00. The molecule has 98 valence electrons. The number of anilines is 1. The summed E-state index contributed by atoms with van der Waals surface area (Å²) in [6.45, 7) is 2.15. The Morgan fingerprint density at radius 1 is 1.32 bits per heavy atom. The van der Waals surface area contributed by atoms with Crippen molar-refractivity contribution in [1.82, 2.24) is 0 Å². The number of hydrogen-bond acceptors (Lipinski definition) is 4. The van der Waals surface area contributed by atoms with Gasteiger partial charge in [0.25, 0.3) is 0 Å². The van der Waals surface area contributed by atoms with Crippen LogP contribution >= 0.6 is 22.9 Å². The maximum atomic E-state index is 8.43. The minimum absolute atomic E-state index is 0.0663. The van der Waals surface area contributed by atoms with Gasteiger partial charge in [-0.1, -0.05) is 11.6 Å². The molecular formula is C14H13ClN2OS. The summed E-state index contributed by atoms with van der Waals surface area (Å²) in [5.74, 6) is 0.693. The van der Waals surface area contributed by atoms with Gasteiger partial charge >= 0.3 is 0 Å². The van der Waals surface area contributed by atoms with Crippen molar-refractivity contribution in [2.24, 2.45) is 0 Å². The van der Waals surface area contributed by atoms with Crippen molar-refractivity contribution in [2.45, 2.75) is 13.0 Å². The number of rotatable bonds is 5. The molecule has 2 aromatic rings. The molecule has 0 aliphatic rings. The van der Waals surface area contributed by atoms with Crippen LogP contribution in [0.3, 0.4) is 0 Å². The number of halogens is 1. The second-order valence-corrected chi connectivity index (χ2v) is 5.73. The van der Waals surface area contributed by atoms with E-state index in [1.807, 2.05) is 42.5 Å². The second-order valence-electron chi connectivity index (χ2n) is 3.98. The average molecular weight is 293 g/mol. The van der Waals surface area contributed by atoms with Crippen molar-refractivity contribution >= 4 is 28.6 Å². The van der Waals surface area contributed by atoms with Crippen LogP contribution in [-0.4, -0.2) is 6.61 Å². The maximum Gasteiger partial charge on any atom is 0.174 e. The molecule has 0 saturated carbocycles. The number of ether oxygens (including phenoxy) is 1. The molecule has 1 aromatic carbocycles. The molecule has 1 aromatic heterocycles. The molecule has 0 aliphatic heterocycles. The fourth-order valence-electron chi connectivity index (χ4n) is 1.65. The fraction of sp³-hybridized carbons (Fsp3) is 0.214. The summed E-state index contributed by atoms with van der Waals surface area (Å²) in [6.07, 6.45) is 0. The van der Waals surface area contributed by atoms with Crippen LogP contribution in [-0.2, 0) is 0 Å². The van der Waals surface area contributed by atoms with E-state index in [0.717, 1.165) is 10.0 Å². The molecule has 0 spiro atoms. The van der Waals surface area contributed by atoms with Gasteiger partial charge in [-0.05, 0) is 43.3 Å². The van der Waals surface area contributed by atoms with E-state index < -0.39 is 0 Å². The summed E-state index contributed by atoms with van der Waals surface area (Å²) < 4.78 is 5.99. The van der Waals surface area contributed by atoms with Crippen LogP contribution in [0.2, 0.25) is 4.34 Å². The van der Waals surface area contributed by atoms with Gasteiger partial charge in [0.05, 0.1) is 10.4 Å². The van der Waals surface area contributed by atoms with Crippen LogP contribution in [0, 0.1) is 11.3 Å². The van der Waals surface area contributed by atoms with Gasteiger partial charge in [0.15, 0.2) is 6.61 Å². The first-order valence-corrected chi connectivity index (χ1v) is 7.00. The Hall–Kier alpha value is -1.70. The molecule has 0 aliphatic carbocycles. The Morgan fingerprint density at radius 2 is 2.05 bits per heavy atom. The molecule has 5 heteroatoms. The van der Waals surface area contributed by atoms with Crippen molar-refractivity contribution in [3.8, 4) is 11.8 Å². The van der Waals surface area contributed by atoms with Gasteiger partial charge in [-0.25, -0.2) is 0 Å². The standard InChI is InChI=1S/C14H13ClN2OS/c1-10(13-6-7-14(15)19-13)17-11-2-4-12(5-3-11)18-9-8-16/h2-7,10,17H,9H2,1H3. The predicted octanol–water partition coefficient (Wildman–Crippen LogP) is 4.48. The first-order valence-electron chi connectivity index (χ1n) is 5.80. The third kappa shape index (κ3) is 3.88. The number of nitrogens with zero attached hydrogens (tertiary/aromatic N) is 1. The van der Waals surface area contributed by atoms with Crippen molar-refractivity contribution in [3.63, 3.8) is 0 Å². The molecule has 2 rings (SSSR count). The van der Waals surface area contributed by atoms with Crippen LogP contribution in [0.25, 0.3) is 0 Å². The van der Waals surface area contributed by atoms with Gasteiger partial charge in [-0.2, -0.15) is 5.26 Å². The highest BCUT2D eigenvalue weighted by atomic mass is 35.5. The van der Waals surface area contributed by atoms with E-state index in [4.69, 9.17) is 21.6 Å². The first-order chi connectivity index (χ1) is 9.19. The Morgan fingerprint density at radius 3 is 2.63 bits per heavy atom. The quantitative estimate of drug-likeness (QED) is 0.884. The summed E-state index contributed by atoms with van der Waals surface area (Å²) >= 11 is 7.50. The number of nitrogens with one attached hydrogen (secondary N) is 1. The summed E-state index contributed by atoms with van der Waals surface area (Å²) in [5, 5.41) is 11.8. The zero-order valence-corrected chi connectivity index (χ0v) is 12.0. The largest absolute Gasteiger partial charge is 0.479 e. The first kappa shape index (κ1) is 13.7. The van der Waals surface area contributed by atoms with Crippen LogP contribution in [0.4, 0.5) is 5.69 Å². The molecule has 1 N–H and O–H groups in total. The molecular weight excluding hydrogens is 280 g/mol. The SMILES string of the molecule is CC(Nc1ccc(OCC#N)cc1)c1ccc(Cl)s1. The highest BCUT2D eigenvalue weighted by Crippen LogP contribution is 2.29. The molecule has 1 heterocycles. The van der Waals surface area contributed by atoms with Gasteiger partial charge in [0.1, 0.15) is 11.8 Å². The normalized spacial score (nSPS) is 11.6. The Balaban J connectivity index is 1.97. The van der Waals surface area contributed by atoms with Crippen LogP contribution in [0.15, 0.2) is 36.4 Å². The maximum absolute atomic E-state index is 8.43. The topological polar surface area (TPSA) is 45.0 Å². The average Bonchev–Trinajstić information content (AvgIpc) is 2.85. The lowest BCUT2D eigenvalue weighted by molar-refractivity contribution is 0.368. The lowest BCUT2D eigenvalue weighted by Gasteiger charge is -2.14. The lowest BCUT2D eigenvalue weighted by Crippen LogP contribution is -2.04. The highest BCUT2D eigenvalue weighted by molar-refractivity contribution is 7.16. The van der Waals surface area contributed by atoms with E-state index in [1.165, 1.54) is 4.88 Å². The molecule has 1 unspecified atom stereocenters. The van der Waals surface area contributed by atoms with Crippen molar-refractivity contribution in [2.75, 3.05) is 11.9 Å². The van der Waals surface area contributed by atoms with Gasteiger partial charge < -0.3 is 10.1 Å². The molecule has 0 saturated heterocycles. The third-order valence-electron chi connectivity index (χ3n) is 2.56. The van der Waals surface area contributed by atoms with Crippen molar-refractivity contribution in [1.29, 1.82) is 5.26 Å².